The molecule has 1 saturated heterocycles. The summed E-state index contributed by atoms with van der Waals surface area (Å²) in [4.78, 5) is 30.5. The number of hydrogen-bond acceptors (Lipinski definition) is 6. The molecule has 4 aromatic rings. The van der Waals surface area contributed by atoms with E-state index in [9.17, 15) is 14.3 Å². The number of aromatic nitrogens is 3. The van der Waals surface area contributed by atoms with Crippen LogP contribution in [0.1, 0.15) is 39.2 Å². The quantitative estimate of drug-likeness (QED) is 0.211. The van der Waals surface area contributed by atoms with Crippen molar-refractivity contribution in [3.63, 3.8) is 0 Å². The molecule has 2 bridgehead atoms. The topological polar surface area (TPSA) is 105 Å². The lowest BCUT2D eigenvalue weighted by atomic mass is 9.45. The van der Waals surface area contributed by atoms with Gasteiger partial charge in [-0.25, -0.2) is 14.4 Å². The highest BCUT2D eigenvalue weighted by Gasteiger charge is 2.56. The van der Waals surface area contributed by atoms with Gasteiger partial charge in [0.05, 0.1) is 30.2 Å². The molecule has 2 aromatic carbocycles. The first kappa shape index (κ1) is 30.3. The molecule has 0 unspecified atom stereocenters. The van der Waals surface area contributed by atoms with E-state index in [0.29, 0.717) is 76.3 Å². The molecule has 3 heterocycles. The third kappa shape index (κ3) is 5.42. The molecule has 4 aliphatic rings. The lowest BCUT2D eigenvalue weighted by Crippen LogP contribution is -2.58. The minimum Gasteiger partial charge on any atom is -0.497 e. The monoisotopic (exact) mass is 624 g/mol. The Balaban J connectivity index is 1.21. The largest absolute Gasteiger partial charge is 0.497 e. The number of pyridine rings is 1. The fraction of sp³-hybridized carbons (Fsp3) is 0.444. The summed E-state index contributed by atoms with van der Waals surface area (Å²) in [5, 5.41) is 14.1. The molecule has 8 rings (SSSR count). The van der Waals surface area contributed by atoms with Crippen LogP contribution in [-0.4, -0.2) is 62.8 Å². The summed E-state index contributed by atoms with van der Waals surface area (Å²) in [5.74, 6) is 3.12. The lowest BCUT2D eigenvalue weighted by molar-refractivity contribution is -0.108. The van der Waals surface area contributed by atoms with E-state index in [0.717, 1.165) is 18.1 Å². The third-order valence-corrected chi connectivity index (χ3v) is 10.8. The van der Waals surface area contributed by atoms with Crippen LogP contribution in [0.5, 0.6) is 5.75 Å². The number of likely N-dealkylation sites (tertiary alicyclic amines) is 1. The smallest absolute Gasteiger partial charge is 0.261 e. The Morgan fingerprint density at radius 2 is 2.00 bits per heavy atom. The fourth-order valence-corrected chi connectivity index (χ4v) is 7.71. The number of aryl methyl sites for hydroxylation is 1. The number of benzene rings is 2. The third-order valence-electron chi connectivity index (χ3n) is 10.8. The van der Waals surface area contributed by atoms with Crippen molar-refractivity contribution in [2.24, 2.45) is 28.2 Å². The SMILES string of the molecule is COc1ccc(CCn2c(-c3cccnc3)nc3cc(NC(=N[C@H]4C[C@@H]5C[C@H]([C@@H]4C)C5(C)C)N4CC(O)C4)ccc3c2=O)c(F)c1. The van der Waals surface area contributed by atoms with Gasteiger partial charge < -0.3 is 20.1 Å². The molecule has 46 heavy (non-hydrogen) atoms. The summed E-state index contributed by atoms with van der Waals surface area (Å²) in [6.07, 6.45) is 5.64. The average molecular weight is 625 g/mol. The molecule has 0 spiro atoms. The Morgan fingerprint density at radius 1 is 1.17 bits per heavy atom. The predicted octanol–water partition coefficient (Wildman–Crippen LogP) is 5.36. The van der Waals surface area contributed by atoms with Crippen molar-refractivity contribution in [1.82, 2.24) is 19.4 Å². The number of aliphatic hydroxyl groups excluding tert-OH is 1. The van der Waals surface area contributed by atoms with Crippen LogP contribution in [0.2, 0.25) is 0 Å². The first-order valence-electron chi connectivity index (χ1n) is 16.2. The molecule has 1 aliphatic heterocycles. The number of hydrogen-bond donors (Lipinski definition) is 2. The predicted molar refractivity (Wildman–Crippen MR) is 177 cm³/mol. The van der Waals surface area contributed by atoms with E-state index in [1.54, 1.807) is 41.2 Å². The number of fused-ring (bicyclic) bond motifs is 3. The lowest BCUT2D eigenvalue weighted by Gasteiger charge is -2.61. The van der Waals surface area contributed by atoms with E-state index < -0.39 is 0 Å². The van der Waals surface area contributed by atoms with E-state index in [2.05, 4.69) is 36.0 Å². The van der Waals surface area contributed by atoms with Crippen molar-refractivity contribution in [2.75, 3.05) is 25.5 Å². The van der Waals surface area contributed by atoms with Gasteiger partial charge in [-0.15, -0.1) is 0 Å². The molecule has 2 aromatic heterocycles. The van der Waals surface area contributed by atoms with E-state index >= 15 is 0 Å². The van der Waals surface area contributed by atoms with Crippen LogP contribution in [0.4, 0.5) is 10.1 Å². The van der Waals surface area contributed by atoms with Gasteiger partial charge in [0.1, 0.15) is 17.4 Å². The molecule has 10 heteroatoms. The van der Waals surface area contributed by atoms with Crippen LogP contribution in [0.15, 0.2) is 70.7 Å². The zero-order valence-corrected chi connectivity index (χ0v) is 26.8. The summed E-state index contributed by atoms with van der Waals surface area (Å²) in [5.41, 5.74) is 2.65. The van der Waals surface area contributed by atoms with Crippen LogP contribution >= 0.6 is 0 Å². The Kier molecular flexibility index (Phi) is 7.79. The van der Waals surface area contributed by atoms with Crippen molar-refractivity contribution < 1.29 is 14.2 Å². The molecule has 4 atom stereocenters. The summed E-state index contributed by atoms with van der Waals surface area (Å²) < 4.78 is 21.5. The minimum atomic E-state index is -0.379. The van der Waals surface area contributed by atoms with Gasteiger partial charge in [0, 0.05) is 49.3 Å². The second kappa shape index (κ2) is 11.8. The van der Waals surface area contributed by atoms with Crippen LogP contribution in [0.25, 0.3) is 22.3 Å². The number of anilines is 1. The molecule has 4 fully saturated rings. The van der Waals surface area contributed by atoms with Crippen molar-refractivity contribution >= 4 is 22.5 Å². The van der Waals surface area contributed by atoms with E-state index in [-0.39, 0.29) is 30.1 Å². The zero-order valence-electron chi connectivity index (χ0n) is 26.8. The van der Waals surface area contributed by atoms with Crippen LogP contribution in [0.3, 0.4) is 0 Å². The van der Waals surface area contributed by atoms with Gasteiger partial charge in [0.2, 0.25) is 0 Å². The molecule has 9 nitrogen and oxygen atoms in total. The number of nitrogens with zero attached hydrogens (tertiary/aromatic N) is 5. The van der Waals surface area contributed by atoms with Gasteiger partial charge in [-0.1, -0.05) is 26.8 Å². The summed E-state index contributed by atoms with van der Waals surface area (Å²) in [7, 11) is 1.50. The number of aliphatic hydroxyl groups is 1. The maximum Gasteiger partial charge on any atom is 0.261 e. The highest BCUT2D eigenvalue weighted by atomic mass is 19.1. The van der Waals surface area contributed by atoms with Gasteiger partial charge >= 0.3 is 0 Å². The van der Waals surface area contributed by atoms with Crippen molar-refractivity contribution in [3.05, 3.63) is 82.7 Å². The van der Waals surface area contributed by atoms with Gasteiger partial charge in [-0.3, -0.25) is 14.3 Å². The minimum absolute atomic E-state index is 0.207. The summed E-state index contributed by atoms with van der Waals surface area (Å²) in [6, 6.07) is 14.2. The van der Waals surface area contributed by atoms with Gasteiger partial charge in [0.15, 0.2) is 5.96 Å². The molecular weight excluding hydrogens is 583 g/mol. The van der Waals surface area contributed by atoms with E-state index in [1.807, 2.05) is 18.2 Å². The number of halogens is 1. The number of nitrogens with one attached hydrogen (secondary N) is 1. The number of guanidine groups is 1. The summed E-state index contributed by atoms with van der Waals surface area (Å²) >= 11 is 0. The Labute approximate surface area is 268 Å². The zero-order chi connectivity index (χ0) is 32.2. The van der Waals surface area contributed by atoms with Crippen LogP contribution in [0, 0.1) is 29.0 Å². The van der Waals surface area contributed by atoms with E-state index in [1.165, 1.54) is 19.6 Å². The number of β-amino-alcohol motifs (C(OH)–C–C–N with tert-alkyl or cyclic N) is 1. The first-order chi connectivity index (χ1) is 22.1. The highest BCUT2D eigenvalue weighted by Crippen LogP contribution is 2.61. The van der Waals surface area contributed by atoms with Crippen molar-refractivity contribution in [2.45, 2.75) is 58.7 Å². The maximum atomic E-state index is 14.8. The molecule has 0 radical (unpaired) electrons. The maximum absolute atomic E-state index is 14.8. The average Bonchev–Trinajstić information content (AvgIpc) is 3.03. The molecule has 0 amide bonds. The number of ether oxygens (including phenoxy) is 1. The van der Waals surface area contributed by atoms with Crippen LogP contribution < -0.4 is 15.6 Å². The Hall–Kier alpha value is -4.31. The normalized spacial score (nSPS) is 24.0. The molecule has 240 valence electrons. The second-order valence-electron chi connectivity index (χ2n) is 13.7. The summed E-state index contributed by atoms with van der Waals surface area (Å²) in [6.45, 7) is 8.40. The fourth-order valence-electron chi connectivity index (χ4n) is 7.71. The van der Waals surface area contributed by atoms with Crippen LogP contribution in [-0.2, 0) is 13.0 Å². The second-order valence-corrected chi connectivity index (χ2v) is 13.7. The van der Waals surface area contributed by atoms with E-state index in [4.69, 9.17) is 14.7 Å². The van der Waals surface area contributed by atoms with Gasteiger partial charge in [-0.05, 0) is 84.4 Å². The number of aliphatic imine (C=N–C) groups is 1. The molecule has 3 aliphatic carbocycles. The first-order valence-corrected chi connectivity index (χ1v) is 16.2. The standard InChI is InChI=1S/C36H41FN6O3/c1-21-29-14-24(36(29,2)3)15-31(21)41-35(42-19-26(44)20-42)39-25-8-10-28-32(16-25)40-33(23-6-5-12-38-18-23)43(34(28)45)13-11-22-7-9-27(46-4)17-30(22)37/h5-10,12,16-18,21,24,26,29,31,44H,11,13-15,19-20H2,1-4H3,(H,39,41)/t21-,24-,29+,31-/m0/s1. The number of rotatable bonds is 7. The molecule has 3 saturated carbocycles. The van der Waals surface area contributed by atoms with Gasteiger partial charge in [0.25, 0.3) is 5.56 Å². The number of methoxy groups -OCH3 is 1. The highest BCUT2D eigenvalue weighted by molar-refractivity contribution is 5.96. The Morgan fingerprint density at radius 3 is 2.67 bits per heavy atom. The van der Waals surface area contributed by atoms with Crippen molar-refractivity contribution in [1.29, 1.82) is 0 Å². The molecular formula is C36H41FN6O3. The van der Waals surface area contributed by atoms with Gasteiger partial charge in [-0.2, -0.15) is 0 Å². The Bertz CT molecular complexity index is 1850. The van der Waals surface area contributed by atoms with Crippen molar-refractivity contribution in [3.8, 4) is 17.1 Å². The molecule has 2 N–H and O–H groups in total.